The molecule has 0 aliphatic heterocycles. The molecule has 0 aliphatic rings. The van der Waals surface area contributed by atoms with Gasteiger partial charge < -0.3 is 9.94 Å². The Bertz CT molecular complexity index is 490. The second-order valence-corrected chi connectivity index (χ2v) is 2.79. The molecule has 0 saturated carbocycles. The van der Waals surface area contributed by atoms with Crippen LogP contribution >= 0.6 is 0 Å². The largest absolute Gasteiger partial charge is 0.711 e. The van der Waals surface area contributed by atoms with Gasteiger partial charge in [0.05, 0.1) is 30.5 Å². The van der Waals surface area contributed by atoms with E-state index in [-0.39, 0.29) is 0 Å². The number of nitrogens with zero attached hydrogens (tertiary/aromatic N) is 1. The van der Waals surface area contributed by atoms with Crippen molar-refractivity contribution in [2.45, 2.75) is 0 Å². The maximum atomic E-state index is 11.3. The number of aromatic nitrogens is 2. The molecule has 5 heteroatoms. The fraction of sp³-hybridized carbons (Fsp3) is 0.111. The number of esters is 1. The number of fused-ring (bicyclic) bond motifs is 1. The van der Waals surface area contributed by atoms with E-state index in [0.29, 0.717) is 21.3 Å². The van der Waals surface area contributed by atoms with E-state index in [9.17, 15) is 10.0 Å². The first kappa shape index (κ1) is 8.55. The van der Waals surface area contributed by atoms with Crippen LogP contribution in [-0.4, -0.2) is 18.1 Å². The first-order valence-electron chi connectivity index (χ1n) is 4.01. The summed E-state index contributed by atoms with van der Waals surface area (Å²) in [6, 6.07) is 3.10. The third kappa shape index (κ3) is 1.10. The fourth-order valence-corrected chi connectivity index (χ4v) is 1.35. The number of nitrogens with one attached hydrogen (secondary N) is 1. The van der Waals surface area contributed by atoms with Crippen molar-refractivity contribution in [1.29, 1.82) is 0 Å². The molecule has 0 atom stereocenters. The third-order valence-corrected chi connectivity index (χ3v) is 2.02. The van der Waals surface area contributed by atoms with E-state index >= 15 is 0 Å². The zero-order chi connectivity index (χ0) is 10.1. The van der Waals surface area contributed by atoms with Gasteiger partial charge in [-0.1, -0.05) is 0 Å². The van der Waals surface area contributed by atoms with Gasteiger partial charge in [-0.15, -0.1) is 0 Å². The normalized spacial score (nSPS) is 10.4. The fourth-order valence-electron chi connectivity index (χ4n) is 1.35. The van der Waals surface area contributed by atoms with E-state index in [1.807, 2.05) is 0 Å². The summed E-state index contributed by atoms with van der Waals surface area (Å²) < 4.78 is 5.26. The van der Waals surface area contributed by atoms with Crippen LogP contribution in [0.2, 0.25) is 0 Å². The Hall–Kier alpha value is -2.04. The first-order chi connectivity index (χ1) is 6.74. The molecule has 14 heavy (non-hydrogen) atoms. The second kappa shape index (κ2) is 3.02. The Kier molecular flexibility index (Phi) is 1.85. The van der Waals surface area contributed by atoms with Crippen LogP contribution in [0, 0.1) is 5.21 Å². The van der Waals surface area contributed by atoms with E-state index in [4.69, 9.17) is 0 Å². The molecule has 0 bridgehead atoms. The van der Waals surface area contributed by atoms with Crippen LogP contribution < -0.4 is 4.73 Å². The molecule has 2 heterocycles. The van der Waals surface area contributed by atoms with Crippen LogP contribution in [-0.2, 0) is 4.74 Å². The van der Waals surface area contributed by atoms with E-state index in [1.165, 1.54) is 19.4 Å². The van der Waals surface area contributed by atoms with E-state index in [1.54, 1.807) is 12.3 Å². The van der Waals surface area contributed by atoms with Crippen LogP contribution in [0.15, 0.2) is 24.5 Å². The number of aromatic amines is 1. The van der Waals surface area contributed by atoms with Crippen molar-refractivity contribution < 1.29 is 14.3 Å². The SMILES string of the molecule is COC(=O)c1cc[n+]([O-])c2[nH]ccc12. The van der Waals surface area contributed by atoms with Crippen molar-refractivity contribution in [3.63, 3.8) is 0 Å². The predicted molar refractivity (Wildman–Crippen MR) is 48.6 cm³/mol. The molecule has 2 aromatic heterocycles. The molecule has 2 aromatic rings. The number of rotatable bonds is 1. The number of hydrogen-bond acceptors (Lipinski definition) is 3. The molecule has 0 amide bonds. The van der Waals surface area contributed by atoms with Crippen LogP contribution in [0.3, 0.4) is 0 Å². The van der Waals surface area contributed by atoms with Gasteiger partial charge in [-0.25, -0.2) is 14.5 Å². The van der Waals surface area contributed by atoms with Crippen molar-refractivity contribution in [2.24, 2.45) is 0 Å². The standard InChI is InChI=1S/C9H8N2O3/c1-14-9(12)7-3-5-11(13)8-6(7)2-4-10-8/h2-5,10H,1H3. The van der Waals surface area contributed by atoms with Gasteiger partial charge in [0, 0.05) is 0 Å². The highest BCUT2D eigenvalue weighted by Crippen LogP contribution is 2.14. The average molecular weight is 192 g/mol. The lowest BCUT2D eigenvalue weighted by Gasteiger charge is -2.04. The zero-order valence-corrected chi connectivity index (χ0v) is 7.48. The van der Waals surface area contributed by atoms with Gasteiger partial charge in [-0.05, 0) is 12.1 Å². The maximum absolute atomic E-state index is 11.3. The average Bonchev–Trinajstić information content (AvgIpc) is 2.67. The van der Waals surface area contributed by atoms with Crippen molar-refractivity contribution in [1.82, 2.24) is 4.98 Å². The molecule has 0 unspecified atom stereocenters. The first-order valence-corrected chi connectivity index (χ1v) is 4.01. The van der Waals surface area contributed by atoms with Gasteiger partial charge in [0.15, 0.2) is 0 Å². The number of carbonyl (C=O) groups excluding carboxylic acids is 1. The van der Waals surface area contributed by atoms with Crippen molar-refractivity contribution in [3.05, 3.63) is 35.3 Å². The summed E-state index contributed by atoms with van der Waals surface area (Å²) >= 11 is 0. The summed E-state index contributed by atoms with van der Waals surface area (Å²) in [7, 11) is 1.30. The van der Waals surface area contributed by atoms with Crippen molar-refractivity contribution in [2.75, 3.05) is 7.11 Å². The molecule has 1 N–H and O–H groups in total. The number of methoxy groups -OCH3 is 1. The minimum Gasteiger partial charge on any atom is -0.711 e. The van der Waals surface area contributed by atoms with Gasteiger partial charge in [-0.3, -0.25) is 0 Å². The Morgan fingerprint density at radius 2 is 2.36 bits per heavy atom. The molecule has 72 valence electrons. The number of H-pyrrole nitrogens is 1. The van der Waals surface area contributed by atoms with E-state index in [0.717, 1.165) is 0 Å². The Morgan fingerprint density at radius 3 is 3.07 bits per heavy atom. The molecule has 0 fully saturated rings. The Balaban J connectivity index is 2.72. The van der Waals surface area contributed by atoms with Crippen molar-refractivity contribution >= 4 is 17.0 Å². The molecule has 5 nitrogen and oxygen atoms in total. The quantitative estimate of drug-likeness (QED) is 0.408. The van der Waals surface area contributed by atoms with Crippen LogP contribution in [0.25, 0.3) is 11.0 Å². The summed E-state index contributed by atoms with van der Waals surface area (Å²) in [4.78, 5) is 14.0. The summed E-state index contributed by atoms with van der Waals surface area (Å²) in [6.45, 7) is 0. The molecule has 0 aliphatic carbocycles. The van der Waals surface area contributed by atoms with Crippen molar-refractivity contribution in [3.8, 4) is 0 Å². The highest BCUT2D eigenvalue weighted by molar-refractivity contribution is 6.01. The number of pyridine rings is 1. The summed E-state index contributed by atoms with van der Waals surface area (Å²) in [5.41, 5.74) is 0.740. The van der Waals surface area contributed by atoms with Gasteiger partial charge >= 0.3 is 5.97 Å². The summed E-state index contributed by atoms with van der Waals surface area (Å²) in [6.07, 6.45) is 2.87. The molecule has 2 rings (SSSR count). The lowest BCUT2D eigenvalue weighted by molar-refractivity contribution is -0.579. The third-order valence-electron chi connectivity index (χ3n) is 2.02. The highest BCUT2D eigenvalue weighted by Gasteiger charge is 2.14. The smallest absolute Gasteiger partial charge is 0.338 e. The second-order valence-electron chi connectivity index (χ2n) is 2.79. The molecular weight excluding hydrogens is 184 g/mol. The summed E-state index contributed by atoms with van der Waals surface area (Å²) in [5.74, 6) is -0.449. The molecule has 0 aromatic carbocycles. The monoisotopic (exact) mass is 192 g/mol. The Labute approximate surface area is 79.5 Å². The van der Waals surface area contributed by atoms with Crippen LogP contribution in [0.1, 0.15) is 10.4 Å². The molecule has 0 saturated heterocycles. The Morgan fingerprint density at radius 1 is 1.57 bits per heavy atom. The number of carbonyl (C=O) groups is 1. The maximum Gasteiger partial charge on any atom is 0.338 e. The van der Waals surface area contributed by atoms with Gasteiger partial charge in [0.2, 0.25) is 0 Å². The lowest BCUT2D eigenvalue weighted by atomic mass is 10.2. The summed E-state index contributed by atoms with van der Waals surface area (Å²) in [5, 5.41) is 11.8. The lowest BCUT2D eigenvalue weighted by Crippen LogP contribution is -2.27. The van der Waals surface area contributed by atoms with Gasteiger partial charge in [0.1, 0.15) is 0 Å². The van der Waals surface area contributed by atoms with Crippen LogP contribution in [0.4, 0.5) is 0 Å². The van der Waals surface area contributed by atoms with E-state index < -0.39 is 5.97 Å². The predicted octanol–water partition coefficient (Wildman–Crippen LogP) is 0.588. The van der Waals surface area contributed by atoms with E-state index in [2.05, 4.69) is 9.72 Å². The minimum absolute atomic E-state index is 0.355. The molecular formula is C9H8N2O3. The molecule has 0 spiro atoms. The van der Waals surface area contributed by atoms with Gasteiger partial charge in [-0.2, -0.15) is 0 Å². The topological polar surface area (TPSA) is 69.0 Å². The van der Waals surface area contributed by atoms with Crippen LogP contribution in [0.5, 0.6) is 0 Å². The highest BCUT2D eigenvalue weighted by atomic mass is 16.5. The zero-order valence-electron chi connectivity index (χ0n) is 7.48. The number of hydrogen-bond donors (Lipinski definition) is 1. The molecule has 0 radical (unpaired) electrons. The van der Waals surface area contributed by atoms with Gasteiger partial charge in [0.25, 0.3) is 5.65 Å². The number of ether oxygens (including phenoxy) is 1. The minimum atomic E-state index is -0.449.